The van der Waals surface area contributed by atoms with E-state index in [0.717, 1.165) is 0 Å². The summed E-state index contributed by atoms with van der Waals surface area (Å²) in [6.07, 6.45) is 1.71. The van der Waals surface area contributed by atoms with Gasteiger partial charge in [0, 0.05) is 13.1 Å². The summed E-state index contributed by atoms with van der Waals surface area (Å²) in [5, 5.41) is 11.8. The van der Waals surface area contributed by atoms with Crippen molar-refractivity contribution in [1.29, 1.82) is 0 Å². The minimum Gasteiger partial charge on any atom is -0.481 e. The Hall–Kier alpha value is -2.84. The van der Waals surface area contributed by atoms with Gasteiger partial charge in [-0.15, -0.1) is 0 Å². The van der Waals surface area contributed by atoms with Gasteiger partial charge in [0.05, 0.1) is 24.4 Å². The first kappa shape index (κ1) is 16.5. The average Bonchev–Trinajstić information content (AvgIpc) is 2.91. The van der Waals surface area contributed by atoms with Gasteiger partial charge in [0.1, 0.15) is 5.56 Å². The van der Waals surface area contributed by atoms with Crippen molar-refractivity contribution in [1.82, 2.24) is 9.88 Å². The van der Waals surface area contributed by atoms with Crippen molar-refractivity contribution in [2.75, 3.05) is 25.5 Å². The maximum atomic E-state index is 12.2. The zero-order chi connectivity index (χ0) is 17.2. The molecular formula is C14H18N4O5. The van der Waals surface area contributed by atoms with Crippen LogP contribution in [0.4, 0.5) is 10.5 Å². The first-order valence-corrected chi connectivity index (χ1v) is 6.90. The molecule has 4 N–H and O–H groups in total. The van der Waals surface area contributed by atoms with Crippen LogP contribution in [-0.2, 0) is 4.79 Å². The van der Waals surface area contributed by atoms with Gasteiger partial charge in [-0.1, -0.05) is 0 Å². The smallest absolute Gasteiger partial charge is 0.321 e. The van der Waals surface area contributed by atoms with Crippen LogP contribution in [-0.4, -0.2) is 53.1 Å². The van der Waals surface area contributed by atoms with Crippen LogP contribution >= 0.6 is 0 Å². The van der Waals surface area contributed by atoms with Gasteiger partial charge >= 0.3 is 12.0 Å². The number of aliphatic carboxylic acids is 1. The monoisotopic (exact) mass is 322 g/mol. The molecular weight excluding hydrogens is 304 g/mol. The number of hydrogen-bond donors (Lipinski definition) is 3. The number of aromatic nitrogens is 1. The summed E-state index contributed by atoms with van der Waals surface area (Å²) in [6.45, 7) is 2.05. The molecule has 0 spiro atoms. The van der Waals surface area contributed by atoms with Crippen molar-refractivity contribution in [3.63, 3.8) is 0 Å². The number of nitrogens with two attached hydrogens (primary N) is 1. The Balaban J connectivity index is 2.11. The number of pyridine rings is 1. The van der Waals surface area contributed by atoms with Gasteiger partial charge in [-0.25, -0.2) is 9.78 Å². The fourth-order valence-corrected chi connectivity index (χ4v) is 2.37. The Kier molecular flexibility index (Phi) is 4.39. The van der Waals surface area contributed by atoms with E-state index >= 15 is 0 Å². The molecule has 1 aromatic rings. The van der Waals surface area contributed by atoms with Crippen molar-refractivity contribution in [2.45, 2.75) is 13.3 Å². The number of carboxylic acids is 1. The second kappa shape index (κ2) is 6.11. The molecule has 1 aliphatic heterocycles. The summed E-state index contributed by atoms with van der Waals surface area (Å²) in [6, 6.07) is 0.899. The van der Waals surface area contributed by atoms with Crippen LogP contribution in [0.15, 0.2) is 12.3 Å². The van der Waals surface area contributed by atoms with Gasteiger partial charge in [0.2, 0.25) is 5.88 Å². The molecule has 1 aliphatic rings. The zero-order valence-corrected chi connectivity index (χ0v) is 12.8. The molecule has 0 aliphatic carbocycles. The summed E-state index contributed by atoms with van der Waals surface area (Å²) in [4.78, 5) is 40.1. The number of anilines is 1. The fourth-order valence-electron chi connectivity index (χ4n) is 2.37. The molecule has 0 aromatic carbocycles. The molecule has 1 saturated heterocycles. The molecule has 0 radical (unpaired) electrons. The number of methoxy groups -OCH3 is 1. The highest BCUT2D eigenvalue weighted by Gasteiger charge is 2.42. The Morgan fingerprint density at radius 3 is 2.70 bits per heavy atom. The third-order valence-electron chi connectivity index (χ3n) is 3.84. The summed E-state index contributed by atoms with van der Waals surface area (Å²) >= 11 is 0. The number of carbonyl (C=O) groups excluding carboxylic acids is 2. The minimum atomic E-state index is -0.951. The van der Waals surface area contributed by atoms with Crippen molar-refractivity contribution < 1.29 is 24.2 Å². The molecule has 2 rings (SSSR count). The molecule has 3 amide bonds. The summed E-state index contributed by atoms with van der Waals surface area (Å²) in [5.41, 5.74) is 4.60. The number of ether oxygens (including phenoxy) is 1. The lowest BCUT2D eigenvalue weighted by Crippen LogP contribution is -2.37. The molecule has 124 valence electrons. The first-order chi connectivity index (χ1) is 10.8. The van der Waals surface area contributed by atoms with Gasteiger partial charge in [-0.05, 0) is 19.4 Å². The molecule has 0 bridgehead atoms. The Morgan fingerprint density at radius 2 is 2.17 bits per heavy atom. The SMILES string of the molecule is COc1ncc(NC(=O)N2CCC(C)(C(=O)O)C2)cc1C(N)=O. The van der Waals surface area contributed by atoms with E-state index in [1.54, 1.807) is 6.92 Å². The van der Waals surface area contributed by atoms with E-state index in [-0.39, 0.29) is 23.7 Å². The number of likely N-dealkylation sites (tertiary alicyclic amines) is 1. The van der Waals surface area contributed by atoms with Gasteiger partial charge < -0.3 is 25.8 Å². The number of primary amides is 1. The molecule has 23 heavy (non-hydrogen) atoms. The molecule has 2 heterocycles. The number of nitrogens with zero attached hydrogens (tertiary/aromatic N) is 2. The molecule has 1 fully saturated rings. The van der Waals surface area contributed by atoms with Crippen LogP contribution in [0.2, 0.25) is 0 Å². The number of nitrogens with one attached hydrogen (secondary N) is 1. The highest BCUT2D eigenvalue weighted by Crippen LogP contribution is 2.30. The van der Waals surface area contributed by atoms with Crippen LogP contribution in [0.3, 0.4) is 0 Å². The lowest BCUT2D eigenvalue weighted by molar-refractivity contribution is -0.146. The van der Waals surface area contributed by atoms with E-state index in [1.165, 1.54) is 24.3 Å². The number of hydrogen-bond acceptors (Lipinski definition) is 5. The van der Waals surface area contributed by atoms with Crippen LogP contribution in [0.1, 0.15) is 23.7 Å². The summed E-state index contributed by atoms with van der Waals surface area (Å²) in [7, 11) is 1.35. The van der Waals surface area contributed by atoms with E-state index in [1.807, 2.05) is 0 Å². The van der Waals surface area contributed by atoms with Gasteiger partial charge in [-0.2, -0.15) is 0 Å². The van der Waals surface area contributed by atoms with Gasteiger partial charge in [0.25, 0.3) is 5.91 Å². The molecule has 0 saturated carbocycles. The Bertz CT molecular complexity index is 663. The molecule has 1 atom stereocenters. The lowest BCUT2D eigenvalue weighted by atomic mass is 9.90. The third kappa shape index (κ3) is 3.33. The van der Waals surface area contributed by atoms with Crippen molar-refractivity contribution >= 4 is 23.6 Å². The van der Waals surface area contributed by atoms with Crippen molar-refractivity contribution in [3.8, 4) is 5.88 Å². The molecule has 1 unspecified atom stereocenters. The summed E-state index contributed by atoms with van der Waals surface area (Å²) < 4.78 is 4.92. The van der Waals surface area contributed by atoms with Crippen molar-refractivity contribution in [3.05, 3.63) is 17.8 Å². The number of carbonyl (C=O) groups is 3. The minimum absolute atomic E-state index is 0.0436. The predicted molar refractivity (Wildman–Crippen MR) is 80.3 cm³/mol. The number of urea groups is 1. The highest BCUT2D eigenvalue weighted by atomic mass is 16.5. The van der Waals surface area contributed by atoms with Gasteiger partial charge in [0.15, 0.2) is 0 Å². The number of rotatable bonds is 4. The Morgan fingerprint density at radius 1 is 1.48 bits per heavy atom. The van der Waals surface area contributed by atoms with Crippen molar-refractivity contribution in [2.24, 2.45) is 11.1 Å². The second-order valence-corrected chi connectivity index (χ2v) is 5.61. The Labute approximate surface area is 132 Å². The normalized spacial score (nSPS) is 20.2. The molecule has 9 heteroatoms. The maximum Gasteiger partial charge on any atom is 0.321 e. The lowest BCUT2D eigenvalue weighted by Gasteiger charge is -2.20. The third-order valence-corrected chi connectivity index (χ3v) is 3.84. The predicted octanol–water partition coefficient (Wildman–Crippen LogP) is 0.518. The quantitative estimate of drug-likeness (QED) is 0.739. The first-order valence-electron chi connectivity index (χ1n) is 6.90. The van der Waals surface area contributed by atoms with E-state index in [0.29, 0.717) is 13.0 Å². The molecule has 1 aromatic heterocycles. The standard InChI is InChI=1S/C14H18N4O5/c1-14(12(20)21)3-4-18(7-14)13(22)17-8-5-9(10(15)19)11(23-2)16-6-8/h5-6H,3-4,7H2,1-2H3,(H2,15,19)(H,17,22)(H,20,21). The maximum absolute atomic E-state index is 12.2. The largest absolute Gasteiger partial charge is 0.481 e. The van der Waals surface area contributed by atoms with E-state index in [2.05, 4.69) is 10.3 Å². The second-order valence-electron chi connectivity index (χ2n) is 5.61. The zero-order valence-electron chi connectivity index (χ0n) is 12.8. The molecule has 9 nitrogen and oxygen atoms in total. The average molecular weight is 322 g/mol. The van der Waals surface area contributed by atoms with E-state index in [4.69, 9.17) is 10.5 Å². The van der Waals surface area contributed by atoms with Gasteiger partial charge in [-0.3, -0.25) is 9.59 Å². The fraction of sp³-hybridized carbons (Fsp3) is 0.429. The number of amides is 3. The topological polar surface area (TPSA) is 135 Å². The van der Waals surface area contributed by atoms with Crippen LogP contribution in [0.25, 0.3) is 0 Å². The number of carboxylic acid groups (broad SMARTS) is 1. The highest BCUT2D eigenvalue weighted by molar-refractivity contribution is 5.97. The van der Waals surface area contributed by atoms with Crippen LogP contribution in [0.5, 0.6) is 5.88 Å². The summed E-state index contributed by atoms with van der Waals surface area (Å²) in [5.74, 6) is -1.60. The van der Waals surface area contributed by atoms with Crippen LogP contribution < -0.4 is 15.8 Å². The van der Waals surface area contributed by atoms with Crippen LogP contribution in [0, 0.1) is 5.41 Å². The van der Waals surface area contributed by atoms with E-state index in [9.17, 15) is 19.5 Å². The van der Waals surface area contributed by atoms with E-state index < -0.39 is 23.3 Å².